The number of nitrogens with one attached hydrogen (secondary N) is 1. The number of hydrogen-bond donors (Lipinski definition) is 1. The van der Waals surface area contributed by atoms with Crippen LogP contribution in [0, 0.1) is 6.92 Å². The quantitative estimate of drug-likeness (QED) is 0.193. The van der Waals surface area contributed by atoms with Crippen LogP contribution in [-0.2, 0) is 17.4 Å². The van der Waals surface area contributed by atoms with Crippen LogP contribution in [0.3, 0.4) is 0 Å². The van der Waals surface area contributed by atoms with E-state index in [0.717, 1.165) is 35.6 Å². The first-order valence-corrected chi connectivity index (χ1v) is 9.95. The Morgan fingerprint density at radius 2 is 1.81 bits per heavy atom. The van der Waals surface area contributed by atoms with E-state index in [-0.39, 0.29) is 103 Å². The molecule has 9 heteroatoms. The molecule has 6 nitrogen and oxygen atoms in total. The Morgan fingerprint density at radius 1 is 1.16 bits per heavy atom. The molecule has 0 spiro atoms. The fourth-order valence-electron chi connectivity index (χ4n) is 3.12. The molecular formula is C22H24K2N4O2S. The van der Waals surface area contributed by atoms with Gasteiger partial charge in [-0.05, 0) is 61.8 Å². The zero-order valence-electron chi connectivity index (χ0n) is 18.5. The number of aromatic nitrogens is 2. The number of rotatable bonds is 9. The molecule has 0 saturated carbocycles. The standard InChI is InChI=1S/C22H26N4O2S.2K/c1-16-4-8-19(9-5-16)25(17(2)21(27)28)14-3-12-23-18-6-10-20(11-7-18)26-15-13-24-22(26)29;;/h4-11,13,15,17,23H,3,12,14H2,1-2H3,(H,24,29)(H,27,28);;/q;2*+1/p-2. The maximum Gasteiger partial charge on any atom is 1.00 e. The summed E-state index contributed by atoms with van der Waals surface area (Å²) in [5.41, 5.74) is 3.98. The fraction of sp³-hybridized carbons (Fsp3) is 0.273. The van der Waals surface area contributed by atoms with Crippen molar-refractivity contribution in [1.29, 1.82) is 0 Å². The van der Waals surface area contributed by atoms with Gasteiger partial charge in [-0.3, -0.25) is 4.98 Å². The van der Waals surface area contributed by atoms with Crippen LogP contribution in [0.25, 0.3) is 5.69 Å². The number of nitrogens with zero attached hydrogens (tertiary/aromatic N) is 3. The van der Waals surface area contributed by atoms with E-state index < -0.39 is 12.0 Å². The Bertz CT molecular complexity index is 949. The summed E-state index contributed by atoms with van der Waals surface area (Å²) in [5, 5.41) is 15.3. The van der Waals surface area contributed by atoms with Crippen molar-refractivity contribution in [3.05, 3.63) is 66.5 Å². The average Bonchev–Trinajstić information content (AvgIpc) is 3.15. The van der Waals surface area contributed by atoms with Crippen molar-refractivity contribution >= 4 is 30.0 Å². The van der Waals surface area contributed by atoms with E-state index in [1.54, 1.807) is 13.1 Å². The Labute approximate surface area is 274 Å². The molecule has 0 aliphatic carbocycles. The molecule has 31 heavy (non-hydrogen) atoms. The first-order chi connectivity index (χ1) is 14.0. The van der Waals surface area contributed by atoms with Crippen LogP contribution in [0.5, 0.6) is 0 Å². The third-order valence-electron chi connectivity index (χ3n) is 4.83. The van der Waals surface area contributed by atoms with E-state index >= 15 is 0 Å². The summed E-state index contributed by atoms with van der Waals surface area (Å²) in [6, 6.07) is 15.1. The first-order valence-electron chi connectivity index (χ1n) is 9.54. The van der Waals surface area contributed by atoms with Crippen LogP contribution >= 0.6 is 0 Å². The van der Waals surface area contributed by atoms with Gasteiger partial charge in [0.25, 0.3) is 0 Å². The maximum atomic E-state index is 11.4. The number of aliphatic carboxylic acids is 1. The Balaban J connectivity index is 0.00000240. The molecule has 152 valence electrons. The van der Waals surface area contributed by atoms with Crippen molar-refractivity contribution in [2.45, 2.75) is 31.5 Å². The molecule has 3 aromatic rings. The fourth-order valence-corrected chi connectivity index (χ4v) is 3.35. The third-order valence-corrected chi connectivity index (χ3v) is 5.13. The molecule has 1 aromatic heterocycles. The minimum absolute atomic E-state index is 0. The zero-order chi connectivity index (χ0) is 20.8. The minimum Gasteiger partial charge on any atom is -0.742 e. The van der Waals surface area contributed by atoms with Crippen LogP contribution in [0.4, 0.5) is 11.4 Å². The van der Waals surface area contributed by atoms with Gasteiger partial charge in [0.2, 0.25) is 0 Å². The second-order valence-corrected chi connectivity index (χ2v) is 7.30. The molecule has 1 unspecified atom stereocenters. The normalized spacial score (nSPS) is 11.0. The number of hydrogen-bond acceptors (Lipinski definition) is 6. The molecular weight excluding hydrogens is 463 g/mol. The number of aryl methyl sites for hydroxylation is 1. The smallest absolute Gasteiger partial charge is 0.742 e. The number of carbonyl (C=O) groups is 1. The molecule has 1 heterocycles. The van der Waals surface area contributed by atoms with Crippen LogP contribution in [0.15, 0.2) is 66.1 Å². The van der Waals surface area contributed by atoms with Crippen LogP contribution < -0.4 is 118 Å². The van der Waals surface area contributed by atoms with Gasteiger partial charge in [-0.15, -0.1) is 0 Å². The zero-order valence-corrected chi connectivity index (χ0v) is 25.6. The molecule has 2 aromatic carbocycles. The van der Waals surface area contributed by atoms with Crippen molar-refractivity contribution in [2.24, 2.45) is 0 Å². The van der Waals surface area contributed by atoms with Gasteiger partial charge < -0.3 is 37.3 Å². The van der Waals surface area contributed by atoms with Crippen molar-refractivity contribution in [3.63, 3.8) is 0 Å². The number of carbonyl (C=O) groups excluding carboxylic acids is 1. The Hall–Kier alpha value is 0.213. The molecule has 3 rings (SSSR count). The number of carboxylic acid groups (broad SMARTS) is 1. The summed E-state index contributed by atoms with van der Waals surface area (Å²) in [5.74, 6) is -1.07. The summed E-state index contributed by atoms with van der Waals surface area (Å²) in [6.07, 6.45) is 4.30. The Kier molecular flexibility index (Phi) is 13.7. The first kappa shape index (κ1) is 29.2. The van der Waals surface area contributed by atoms with E-state index in [2.05, 4.69) is 10.3 Å². The summed E-state index contributed by atoms with van der Waals surface area (Å²) in [4.78, 5) is 17.3. The molecule has 0 radical (unpaired) electrons. The van der Waals surface area contributed by atoms with E-state index in [1.807, 2.05) is 71.1 Å². The number of carboxylic acids is 1. The third kappa shape index (κ3) is 8.49. The van der Waals surface area contributed by atoms with Crippen LogP contribution in [0.1, 0.15) is 18.9 Å². The van der Waals surface area contributed by atoms with Gasteiger partial charge in [-0.2, -0.15) is 0 Å². The maximum absolute atomic E-state index is 11.4. The summed E-state index contributed by atoms with van der Waals surface area (Å²) in [6.45, 7) is 5.00. The Morgan fingerprint density at radius 3 is 2.35 bits per heavy atom. The van der Waals surface area contributed by atoms with E-state index in [1.165, 1.54) is 0 Å². The number of anilines is 2. The molecule has 1 atom stereocenters. The van der Waals surface area contributed by atoms with E-state index in [0.29, 0.717) is 11.7 Å². The SMILES string of the molecule is Cc1ccc(N(CCCNc2ccc(-n3ccnc3[S-])cc2)C(C)C(=O)[O-])cc1.[K+].[K+]. The molecule has 0 aliphatic rings. The topological polar surface area (TPSA) is 73.2 Å². The van der Waals surface area contributed by atoms with Crippen molar-refractivity contribution in [1.82, 2.24) is 9.55 Å². The molecule has 0 amide bonds. The van der Waals surface area contributed by atoms with Crippen LogP contribution in [-0.4, -0.2) is 34.7 Å². The predicted molar refractivity (Wildman–Crippen MR) is 115 cm³/mol. The molecule has 1 N–H and O–H groups in total. The second kappa shape index (κ2) is 14.5. The summed E-state index contributed by atoms with van der Waals surface area (Å²) in [7, 11) is 0. The van der Waals surface area contributed by atoms with E-state index in [9.17, 15) is 9.90 Å². The summed E-state index contributed by atoms with van der Waals surface area (Å²) >= 11 is 5.18. The monoisotopic (exact) mass is 486 g/mol. The largest absolute Gasteiger partial charge is 1.00 e. The van der Waals surface area contributed by atoms with E-state index in [4.69, 9.17) is 12.6 Å². The molecule has 0 saturated heterocycles. The second-order valence-electron chi connectivity index (χ2n) is 6.93. The predicted octanol–water partition coefficient (Wildman–Crippen LogP) is -3.46. The number of imidazole rings is 1. The number of benzene rings is 2. The van der Waals surface area contributed by atoms with Gasteiger partial charge in [0.1, 0.15) is 0 Å². The van der Waals surface area contributed by atoms with Gasteiger partial charge >= 0.3 is 103 Å². The summed E-state index contributed by atoms with van der Waals surface area (Å²) < 4.78 is 1.85. The molecule has 0 bridgehead atoms. The van der Waals surface area contributed by atoms with Gasteiger partial charge in [-0.25, -0.2) is 0 Å². The molecule has 0 aliphatic heterocycles. The van der Waals surface area contributed by atoms with Gasteiger partial charge in [0.15, 0.2) is 0 Å². The van der Waals surface area contributed by atoms with Gasteiger partial charge in [0.05, 0.1) is 12.0 Å². The van der Waals surface area contributed by atoms with Crippen molar-refractivity contribution in [3.8, 4) is 5.69 Å². The average molecular weight is 487 g/mol. The van der Waals surface area contributed by atoms with Crippen molar-refractivity contribution in [2.75, 3.05) is 23.3 Å². The van der Waals surface area contributed by atoms with Gasteiger partial charge in [0, 0.05) is 42.5 Å². The van der Waals surface area contributed by atoms with Gasteiger partial charge in [-0.1, -0.05) is 17.7 Å². The van der Waals surface area contributed by atoms with Crippen LogP contribution in [0.2, 0.25) is 0 Å². The molecule has 0 fully saturated rings. The minimum atomic E-state index is -1.07. The van der Waals surface area contributed by atoms with Crippen molar-refractivity contribution < 1.29 is 113 Å².